The number of rotatable bonds is 4. The van der Waals surface area contributed by atoms with Crippen molar-refractivity contribution < 1.29 is 0 Å². The molecule has 0 unspecified atom stereocenters. The predicted molar refractivity (Wildman–Crippen MR) is 67.6 cm³/mol. The highest BCUT2D eigenvalue weighted by Crippen LogP contribution is 2.19. The Kier molecular flexibility index (Phi) is 4.91. The van der Waals surface area contributed by atoms with Gasteiger partial charge in [0.25, 0.3) is 0 Å². The monoisotopic (exact) mass is 245 g/mol. The molecule has 1 N–H and O–H groups in total. The number of benzene rings is 1. The van der Waals surface area contributed by atoms with Gasteiger partial charge in [-0.2, -0.15) is 0 Å². The summed E-state index contributed by atoms with van der Waals surface area (Å²) in [7, 11) is 0. The van der Waals surface area contributed by atoms with E-state index in [1.807, 2.05) is 12.1 Å². The average molecular weight is 246 g/mol. The van der Waals surface area contributed by atoms with E-state index in [2.05, 4.69) is 26.1 Å². The molecule has 0 aliphatic carbocycles. The van der Waals surface area contributed by atoms with Gasteiger partial charge in [0.2, 0.25) is 0 Å². The quantitative estimate of drug-likeness (QED) is 0.842. The van der Waals surface area contributed by atoms with Gasteiger partial charge >= 0.3 is 0 Å². The first kappa shape index (κ1) is 12.8. The van der Waals surface area contributed by atoms with E-state index in [0.717, 1.165) is 12.1 Å². The second-order valence-corrected chi connectivity index (χ2v) is 5.06. The molecule has 0 aliphatic heterocycles. The van der Waals surface area contributed by atoms with Gasteiger partial charge in [-0.05, 0) is 36.6 Å². The molecule has 0 bridgehead atoms. The lowest BCUT2D eigenvalue weighted by molar-refractivity contribution is 0.426. The maximum absolute atomic E-state index is 5.92. The van der Waals surface area contributed by atoms with Crippen molar-refractivity contribution in [3.05, 3.63) is 33.8 Å². The third-order valence-corrected chi connectivity index (χ3v) is 2.99. The molecule has 0 heterocycles. The first-order valence-electron chi connectivity index (χ1n) is 5.17. The summed E-state index contributed by atoms with van der Waals surface area (Å²) in [6.45, 7) is 7.38. The van der Waals surface area contributed by atoms with Gasteiger partial charge in [0.1, 0.15) is 0 Å². The van der Waals surface area contributed by atoms with Gasteiger partial charge in [-0.25, -0.2) is 0 Å². The molecule has 0 saturated heterocycles. The van der Waals surface area contributed by atoms with E-state index in [1.54, 1.807) is 6.07 Å². The molecular formula is C12H17Cl2N. The van der Waals surface area contributed by atoms with Gasteiger partial charge in [0.05, 0.1) is 0 Å². The standard InChI is InChI=1S/C12H17Cl2N/c1-8(2)9(3)15-7-10-4-11(13)6-12(14)5-10/h4-6,8-9,15H,7H2,1-3H3/t9-/m1/s1. The number of hydrogen-bond acceptors (Lipinski definition) is 1. The average Bonchev–Trinajstić information content (AvgIpc) is 2.12. The molecule has 0 radical (unpaired) electrons. The van der Waals surface area contributed by atoms with Gasteiger partial charge in [0, 0.05) is 22.6 Å². The lowest BCUT2D eigenvalue weighted by Crippen LogP contribution is -2.30. The maximum atomic E-state index is 5.92. The summed E-state index contributed by atoms with van der Waals surface area (Å²) < 4.78 is 0. The van der Waals surface area contributed by atoms with E-state index in [0.29, 0.717) is 22.0 Å². The normalized spacial score (nSPS) is 13.2. The van der Waals surface area contributed by atoms with Gasteiger partial charge in [-0.15, -0.1) is 0 Å². The van der Waals surface area contributed by atoms with E-state index in [4.69, 9.17) is 23.2 Å². The number of halogens is 2. The molecule has 3 heteroatoms. The largest absolute Gasteiger partial charge is 0.310 e. The molecule has 0 spiro atoms. The molecule has 1 aromatic carbocycles. The van der Waals surface area contributed by atoms with Crippen LogP contribution in [0.5, 0.6) is 0 Å². The zero-order valence-electron chi connectivity index (χ0n) is 9.35. The molecular weight excluding hydrogens is 229 g/mol. The summed E-state index contributed by atoms with van der Waals surface area (Å²) in [5.41, 5.74) is 1.13. The van der Waals surface area contributed by atoms with Crippen LogP contribution in [0.4, 0.5) is 0 Å². The van der Waals surface area contributed by atoms with Crippen LogP contribution in [0.1, 0.15) is 26.3 Å². The Bertz CT molecular complexity index is 303. The molecule has 15 heavy (non-hydrogen) atoms. The van der Waals surface area contributed by atoms with Crippen molar-refractivity contribution in [3.63, 3.8) is 0 Å². The van der Waals surface area contributed by atoms with Gasteiger partial charge in [0.15, 0.2) is 0 Å². The lowest BCUT2D eigenvalue weighted by atomic mass is 10.1. The van der Waals surface area contributed by atoms with Crippen molar-refractivity contribution in [2.75, 3.05) is 0 Å². The Labute approximate surface area is 102 Å². The van der Waals surface area contributed by atoms with E-state index in [1.165, 1.54) is 0 Å². The highest BCUT2D eigenvalue weighted by Gasteiger charge is 2.06. The maximum Gasteiger partial charge on any atom is 0.0424 e. The van der Waals surface area contributed by atoms with E-state index in [-0.39, 0.29) is 0 Å². The topological polar surface area (TPSA) is 12.0 Å². The van der Waals surface area contributed by atoms with E-state index >= 15 is 0 Å². The van der Waals surface area contributed by atoms with Crippen molar-refractivity contribution in [2.24, 2.45) is 5.92 Å². The highest BCUT2D eigenvalue weighted by molar-refractivity contribution is 6.34. The van der Waals surface area contributed by atoms with Crippen LogP contribution in [0.3, 0.4) is 0 Å². The zero-order chi connectivity index (χ0) is 11.4. The third-order valence-electron chi connectivity index (χ3n) is 2.55. The Hall–Kier alpha value is -0.240. The fraction of sp³-hybridized carbons (Fsp3) is 0.500. The predicted octanol–water partition coefficient (Wildman–Crippen LogP) is 4.13. The Balaban J connectivity index is 2.57. The minimum atomic E-state index is 0.489. The first-order chi connectivity index (χ1) is 6.99. The van der Waals surface area contributed by atoms with Crippen LogP contribution in [0, 0.1) is 5.92 Å². The van der Waals surface area contributed by atoms with Crippen LogP contribution in [0.25, 0.3) is 0 Å². The molecule has 0 amide bonds. The van der Waals surface area contributed by atoms with E-state index in [9.17, 15) is 0 Å². The first-order valence-corrected chi connectivity index (χ1v) is 5.93. The Morgan fingerprint density at radius 2 is 1.60 bits per heavy atom. The van der Waals surface area contributed by atoms with Crippen LogP contribution >= 0.6 is 23.2 Å². The molecule has 0 aromatic heterocycles. The van der Waals surface area contributed by atoms with Crippen LogP contribution in [0.15, 0.2) is 18.2 Å². The number of nitrogens with one attached hydrogen (secondary N) is 1. The minimum Gasteiger partial charge on any atom is -0.310 e. The van der Waals surface area contributed by atoms with E-state index < -0.39 is 0 Å². The smallest absolute Gasteiger partial charge is 0.0424 e. The summed E-state index contributed by atoms with van der Waals surface area (Å²) in [4.78, 5) is 0. The van der Waals surface area contributed by atoms with Gasteiger partial charge in [-0.3, -0.25) is 0 Å². The molecule has 1 rings (SSSR count). The summed E-state index contributed by atoms with van der Waals surface area (Å²) in [5, 5.41) is 4.82. The molecule has 0 aliphatic rings. The fourth-order valence-corrected chi connectivity index (χ4v) is 1.80. The van der Waals surface area contributed by atoms with Crippen LogP contribution in [0.2, 0.25) is 10.0 Å². The third kappa shape index (κ3) is 4.42. The van der Waals surface area contributed by atoms with Gasteiger partial charge < -0.3 is 5.32 Å². The van der Waals surface area contributed by atoms with Crippen LogP contribution < -0.4 is 5.32 Å². The Morgan fingerprint density at radius 1 is 1.07 bits per heavy atom. The SMILES string of the molecule is CC(C)[C@@H](C)NCc1cc(Cl)cc(Cl)c1. The zero-order valence-corrected chi connectivity index (χ0v) is 10.9. The molecule has 0 saturated carbocycles. The second-order valence-electron chi connectivity index (χ2n) is 4.19. The van der Waals surface area contributed by atoms with Gasteiger partial charge in [-0.1, -0.05) is 37.0 Å². The fourth-order valence-electron chi connectivity index (χ4n) is 1.23. The van der Waals surface area contributed by atoms with Crippen LogP contribution in [-0.2, 0) is 6.54 Å². The number of hydrogen-bond donors (Lipinski definition) is 1. The van der Waals surface area contributed by atoms with Crippen LogP contribution in [-0.4, -0.2) is 6.04 Å². The molecule has 1 atom stereocenters. The van der Waals surface area contributed by atoms with Crippen molar-refractivity contribution in [1.82, 2.24) is 5.32 Å². The lowest BCUT2D eigenvalue weighted by Gasteiger charge is -2.17. The molecule has 1 aromatic rings. The molecule has 1 nitrogen and oxygen atoms in total. The van der Waals surface area contributed by atoms with Crippen molar-refractivity contribution >= 4 is 23.2 Å². The second kappa shape index (κ2) is 5.74. The summed E-state index contributed by atoms with van der Waals surface area (Å²) in [6.07, 6.45) is 0. The summed E-state index contributed by atoms with van der Waals surface area (Å²) >= 11 is 11.8. The molecule has 0 fully saturated rings. The van der Waals surface area contributed by atoms with Crippen molar-refractivity contribution in [3.8, 4) is 0 Å². The summed E-state index contributed by atoms with van der Waals surface area (Å²) in [6, 6.07) is 6.11. The minimum absolute atomic E-state index is 0.489. The van der Waals surface area contributed by atoms with Crippen molar-refractivity contribution in [1.29, 1.82) is 0 Å². The highest BCUT2D eigenvalue weighted by atomic mass is 35.5. The summed E-state index contributed by atoms with van der Waals surface area (Å²) in [5.74, 6) is 0.625. The van der Waals surface area contributed by atoms with Crippen molar-refractivity contribution in [2.45, 2.75) is 33.4 Å². The Morgan fingerprint density at radius 3 is 2.07 bits per heavy atom. The molecule has 84 valence electrons.